The number of aryl methyl sites for hydroxylation is 1. The van der Waals surface area contributed by atoms with Crippen LogP contribution in [0.5, 0.6) is 0 Å². The predicted octanol–water partition coefficient (Wildman–Crippen LogP) is 1.82. The van der Waals surface area contributed by atoms with Crippen LogP contribution in [0.2, 0.25) is 0 Å². The average molecular weight is 381 g/mol. The zero-order valence-corrected chi connectivity index (χ0v) is 15.9. The number of nitrogens with zero attached hydrogens (tertiary/aromatic N) is 3. The maximum Gasteiger partial charge on any atom is 0.313 e. The highest BCUT2D eigenvalue weighted by Crippen LogP contribution is 2.32. The Bertz CT molecular complexity index is 897. The fraction of sp³-hybridized carbons (Fsp3) is 0.350. The van der Waals surface area contributed by atoms with Gasteiger partial charge in [-0.1, -0.05) is 13.0 Å². The third-order valence-corrected chi connectivity index (χ3v) is 4.83. The van der Waals surface area contributed by atoms with Crippen LogP contribution >= 0.6 is 0 Å². The maximum atomic E-state index is 12.9. The van der Waals surface area contributed by atoms with Crippen molar-refractivity contribution in [3.8, 4) is 0 Å². The van der Waals surface area contributed by atoms with Crippen LogP contribution in [0, 0.1) is 12.8 Å². The summed E-state index contributed by atoms with van der Waals surface area (Å²) in [6.45, 7) is 4.48. The molecule has 146 valence electrons. The number of carbonyl (C=O) groups excluding carboxylic acids is 3. The monoisotopic (exact) mass is 381 g/mol. The first-order chi connectivity index (χ1) is 13.3. The number of primary amides is 1. The first-order valence-corrected chi connectivity index (χ1v) is 9.14. The van der Waals surface area contributed by atoms with Crippen LogP contribution in [0.4, 0.5) is 5.69 Å². The Morgan fingerprint density at radius 1 is 1.18 bits per heavy atom. The number of hydrogen-bond donors (Lipinski definition) is 2. The SMILES string of the molecule is Cc1ccc([C@H]2CC[C@@H](C)CN2C(=O)C(=O)Nc2cncc(C(N)=O)c2)nc1. The van der Waals surface area contributed by atoms with Gasteiger partial charge in [-0.2, -0.15) is 0 Å². The van der Waals surface area contributed by atoms with Crippen molar-refractivity contribution in [2.75, 3.05) is 11.9 Å². The number of rotatable bonds is 3. The number of carbonyl (C=O) groups is 3. The Hall–Kier alpha value is -3.29. The van der Waals surface area contributed by atoms with E-state index in [9.17, 15) is 14.4 Å². The Morgan fingerprint density at radius 3 is 2.64 bits per heavy atom. The van der Waals surface area contributed by atoms with E-state index in [1.54, 1.807) is 11.1 Å². The van der Waals surface area contributed by atoms with Crippen LogP contribution in [0.1, 0.15) is 47.4 Å². The highest BCUT2D eigenvalue weighted by Gasteiger charge is 2.34. The van der Waals surface area contributed by atoms with Crippen LogP contribution in [0.3, 0.4) is 0 Å². The smallest absolute Gasteiger partial charge is 0.313 e. The molecule has 3 amide bonds. The van der Waals surface area contributed by atoms with Gasteiger partial charge in [0.25, 0.3) is 0 Å². The van der Waals surface area contributed by atoms with Gasteiger partial charge in [0.2, 0.25) is 5.91 Å². The minimum atomic E-state index is -0.783. The molecule has 3 rings (SSSR count). The molecule has 1 aliphatic rings. The first-order valence-electron chi connectivity index (χ1n) is 9.14. The second-order valence-electron chi connectivity index (χ2n) is 7.20. The normalized spacial score (nSPS) is 19.1. The molecule has 1 fully saturated rings. The highest BCUT2D eigenvalue weighted by atomic mass is 16.2. The summed E-state index contributed by atoms with van der Waals surface area (Å²) in [5, 5.41) is 2.51. The third-order valence-electron chi connectivity index (χ3n) is 4.83. The molecular formula is C20H23N5O3. The van der Waals surface area contributed by atoms with Gasteiger partial charge in [-0.25, -0.2) is 0 Å². The second kappa shape index (κ2) is 8.16. The molecule has 0 saturated carbocycles. The molecule has 3 heterocycles. The van der Waals surface area contributed by atoms with Crippen LogP contribution in [0.25, 0.3) is 0 Å². The Labute approximate surface area is 163 Å². The first kappa shape index (κ1) is 19.5. The van der Waals surface area contributed by atoms with Crippen molar-refractivity contribution in [3.63, 3.8) is 0 Å². The van der Waals surface area contributed by atoms with Crippen LogP contribution in [-0.4, -0.2) is 39.1 Å². The molecule has 0 radical (unpaired) electrons. The van der Waals surface area contributed by atoms with E-state index in [0.717, 1.165) is 24.1 Å². The zero-order valence-electron chi connectivity index (χ0n) is 15.9. The summed E-state index contributed by atoms with van der Waals surface area (Å²) in [7, 11) is 0. The molecule has 0 unspecified atom stereocenters. The van der Waals surface area contributed by atoms with Crippen molar-refractivity contribution in [3.05, 3.63) is 53.6 Å². The number of nitrogens with two attached hydrogens (primary N) is 1. The van der Waals surface area contributed by atoms with Gasteiger partial charge in [-0.15, -0.1) is 0 Å². The van der Waals surface area contributed by atoms with E-state index >= 15 is 0 Å². The summed E-state index contributed by atoms with van der Waals surface area (Å²) >= 11 is 0. The van der Waals surface area contributed by atoms with Gasteiger partial charge in [-0.05, 0) is 43.4 Å². The van der Waals surface area contributed by atoms with Gasteiger partial charge >= 0.3 is 11.8 Å². The maximum absolute atomic E-state index is 12.9. The molecule has 28 heavy (non-hydrogen) atoms. The summed E-state index contributed by atoms with van der Waals surface area (Å²) in [5.41, 5.74) is 7.42. The van der Waals surface area contributed by atoms with Crippen molar-refractivity contribution in [1.29, 1.82) is 0 Å². The van der Waals surface area contributed by atoms with Gasteiger partial charge in [0.15, 0.2) is 0 Å². The van der Waals surface area contributed by atoms with Crippen molar-refractivity contribution in [2.45, 2.75) is 32.7 Å². The van der Waals surface area contributed by atoms with E-state index < -0.39 is 17.7 Å². The van der Waals surface area contributed by atoms with E-state index in [4.69, 9.17) is 5.73 Å². The Balaban J connectivity index is 1.79. The number of piperidine rings is 1. The lowest BCUT2D eigenvalue weighted by atomic mass is 9.92. The third kappa shape index (κ3) is 4.33. The fourth-order valence-corrected chi connectivity index (χ4v) is 3.32. The highest BCUT2D eigenvalue weighted by molar-refractivity contribution is 6.39. The number of anilines is 1. The molecule has 2 atom stereocenters. The minimum Gasteiger partial charge on any atom is -0.366 e. The lowest BCUT2D eigenvalue weighted by Gasteiger charge is -2.37. The van der Waals surface area contributed by atoms with Gasteiger partial charge in [0, 0.05) is 18.9 Å². The number of likely N-dealkylation sites (tertiary alicyclic amines) is 1. The molecule has 3 N–H and O–H groups in total. The molecule has 0 aromatic carbocycles. The molecular weight excluding hydrogens is 358 g/mol. The van der Waals surface area contributed by atoms with E-state index in [1.165, 1.54) is 18.5 Å². The average Bonchev–Trinajstić information content (AvgIpc) is 2.68. The molecule has 0 aliphatic carbocycles. The lowest BCUT2D eigenvalue weighted by molar-refractivity contribution is -0.146. The van der Waals surface area contributed by atoms with Crippen molar-refractivity contribution >= 4 is 23.4 Å². The number of aromatic nitrogens is 2. The number of pyridine rings is 2. The predicted molar refractivity (Wildman–Crippen MR) is 103 cm³/mol. The minimum absolute atomic E-state index is 0.151. The molecule has 1 aliphatic heterocycles. The Kier molecular flexibility index (Phi) is 5.67. The summed E-state index contributed by atoms with van der Waals surface area (Å²) < 4.78 is 0. The summed E-state index contributed by atoms with van der Waals surface area (Å²) in [6.07, 6.45) is 6.11. The number of hydrogen-bond acceptors (Lipinski definition) is 5. The van der Waals surface area contributed by atoms with Crippen molar-refractivity contribution in [2.24, 2.45) is 11.7 Å². The molecule has 8 nitrogen and oxygen atoms in total. The van der Waals surface area contributed by atoms with Gasteiger partial charge in [-0.3, -0.25) is 24.4 Å². The van der Waals surface area contributed by atoms with Gasteiger partial charge < -0.3 is 16.0 Å². The quantitative estimate of drug-likeness (QED) is 0.786. The summed E-state index contributed by atoms with van der Waals surface area (Å²) in [4.78, 5) is 46.6. The largest absolute Gasteiger partial charge is 0.366 e. The fourth-order valence-electron chi connectivity index (χ4n) is 3.32. The van der Waals surface area contributed by atoms with E-state index in [0.29, 0.717) is 12.5 Å². The lowest BCUT2D eigenvalue weighted by Crippen LogP contribution is -2.46. The van der Waals surface area contributed by atoms with E-state index in [-0.39, 0.29) is 17.3 Å². The van der Waals surface area contributed by atoms with Crippen LogP contribution in [0.15, 0.2) is 36.8 Å². The summed E-state index contributed by atoms with van der Waals surface area (Å²) in [6, 6.07) is 4.99. The zero-order chi connectivity index (χ0) is 20.3. The molecule has 0 bridgehead atoms. The van der Waals surface area contributed by atoms with E-state index in [1.807, 2.05) is 19.1 Å². The molecule has 2 aromatic rings. The number of nitrogens with one attached hydrogen (secondary N) is 1. The standard InChI is InChI=1S/C20H23N5O3/c1-12-3-5-16(23-8-12)17-6-4-13(2)11-25(17)20(28)19(27)24-15-7-14(18(21)26)9-22-10-15/h3,5,7-10,13,17H,4,6,11H2,1-2H3,(H2,21,26)(H,24,27)/t13-,17-/m1/s1. The molecule has 0 spiro atoms. The topological polar surface area (TPSA) is 118 Å². The Morgan fingerprint density at radius 2 is 1.96 bits per heavy atom. The van der Waals surface area contributed by atoms with Crippen molar-refractivity contribution < 1.29 is 14.4 Å². The summed E-state index contributed by atoms with van der Waals surface area (Å²) in [5.74, 6) is -1.79. The molecule has 1 saturated heterocycles. The van der Waals surface area contributed by atoms with Crippen molar-refractivity contribution in [1.82, 2.24) is 14.9 Å². The second-order valence-corrected chi connectivity index (χ2v) is 7.20. The van der Waals surface area contributed by atoms with Gasteiger partial charge in [0.05, 0.1) is 29.2 Å². The van der Waals surface area contributed by atoms with Crippen LogP contribution < -0.4 is 11.1 Å². The van der Waals surface area contributed by atoms with Crippen LogP contribution in [-0.2, 0) is 9.59 Å². The number of amides is 3. The molecule has 8 heteroatoms. The van der Waals surface area contributed by atoms with E-state index in [2.05, 4.69) is 22.2 Å². The molecule has 2 aromatic heterocycles. The van der Waals surface area contributed by atoms with Gasteiger partial charge in [0.1, 0.15) is 0 Å².